The van der Waals surface area contributed by atoms with Crippen molar-refractivity contribution in [3.05, 3.63) is 45.3 Å². The number of nitrogens with zero attached hydrogens (tertiary/aromatic N) is 2. The van der Waals surface area contributed by atoms with Crippen molar-refractivity contribution in [2.75, 3.05) is 32.5 Å². The zero-order valence-electron chi connectivity index (χ0n) is 16.3. The predicted octanol–water partition coefficient (Wildman–Crippen LogP) is 5.60. The number of halogens is 2. The lowest BCUT2D eigenvalue weighted by Gasteiger charge is -2.35. The minimum atomic E-state index is -0.248. The molecule has 1 saturated heterocycles. The first-order valence-corrected chi connectivity index (χ1v) is 11.0. The Bertz CT molecular complexity index is 807. The fourth-order valence-corrected chi connectivity index (χ4v) is 4.57. The molecule has 1 fully saturated rings. The molecule has 1 aliphatic heterocycles. The molecule has 0 bridgehead atoms. The zero-order valence-corrected chi connectivity index (χ0v) is 18.7. The van der Waals surface area contributed by atoms with E-state index in [1.807, 2.05) is 48.5 Å². The summed E-state index contributed by atoms with van der Waals surface area (Å²) in [7, 11) is 3.97. The summed E-state index contributed by atoms with van der Waals surface area (Å²) in [5.41, 5.74) is 1.55. The van der Waals surface area contributed by atoms with Crippen LogP contribution in [0.4, 0.5) is 15.5 Å². The number of thiophene rings is 1. The Morgan fingerprint density at radius 3 is 2.61 bits per heavy atom. The largest absolute Gasteiger partial charge is 0.346 e. The first kappa shape index (κ1) is 21.2. The predicted molar refractivity (Wildman–Crippen MR) is 119 cm³/mol. The van der Waals surface area contributed by atoms with Crippen LogP contribution in [-0.4, -0.2) is 49.1 Å². The van der Waals surface area contributed by atoms with Gasteiger partial charge in [0.1, 0.15) is 0 Å². The lowest BCUT2D eigenvalue weighted by atomic mass is 10.0. The van der Waals surface area contributed by atoms with Crippen LogP contribution in [0.3, 0.4) is 0 Å². The second-order valence-corrected chi connectivity index (χ2v) is 8.95. The molecule has 2 heterocycles. The molecular weight excluding hydrogens is 415 g/mol. The van der Waals surface area contributed by atoms with Crippen molar-refractivity contribution in [2.45, 2.75) is 31.8 Å². The zero-order chi connectivity index (χ0) is 20.3. The third-order valence-corrected chi connectivity index (χ3v) is 6.94. The molecule has 1 aromatic carbocycles. The van der Waals surface area contributed by atoms with Crippen molar-refractivity contribution in [3.8, 4) is 0 Å². The number of hydrogen-bond acceptors (Lipinski definition) is 4. The first-order chi connectivity index (χ1) is 13.4. The molecule has 2 N–H and O–H groups in total. The molecule has 0 spiro atoms. The van der Waals surface area contributed by atoms with Gasteiger partial charge in [0.2, 0.25) is 0 Å². The number of carbonyl (C=O) groups excluding carboxylic acids is 1. The first-order valence-electron chi connectivity index (χ1n) is 9.37. The average molecular weight is 441 g/mol. The molecule has 1 atom stereocenters. The Balaban J connectivity index is 1.65. The summed E-state index contributed by atoms with van der Waals surface area (Å²) in [6.07, 6.45) is 1.98. The number of piperidine rings is 1. The van der Waals surface area contributed by atoms with Crippen LogP contribution in [0.5, 0.6) is 0 Å². The maximum absolute atomic E-state index is 12.7. The summed E-state index contributed by atoms with van der Waals surface area (Å²) in [5.74, 6) is 0. The molecule has 0 aliphatic carbocycles. The summed E-state index contributed by atoms with van der Waals surface area (Å²) in [6, 6.07) is 7.67. The molecule has 1 aromatic heterocycles. The van der Waals surface area contributed by atoms with Crippen molar-refractivity contribution < 1.29 is 4.79 Å². The van der Waals surface area contributed by atoms with E-state index in [9.17, 15) is 4.79 Å². The normalized spacial score (nSPS) is 16.6. The van der Waals surface area contributed by atoms with Crippen LogP contribution in [0, 0.1) is 0 Å². The second-order valence-electron chi connectivity index (χ2n) is 7.25. The van der Waals surface area contributed by atoms with E-state index in [1.165, 1.54) is 0 Å². The Hall–Kier alpha value is -1.47. The van der Waals surface area contributed by atoms with Gasteiger partial charge in [0, 0.05) is 13.1 Å². The maximum Gasteiger partial charge on any atom is 0.317 e. The molecule has 3 rings (SSSR count). The number of rotatable bonds is 5. The van der Waals surface area contributed by atoms with Crippen molar-refractivity contribution in [1.82, 2.24) is 15.1 Å². The minimum absolute atomic E-state index is 0.0879. The number of amides is 2. The standard InChI is InChI=1S/C20H26Cl2N4OS/c1-13(23-20(27)26(3)14-8-10-25(2)11-9-14)15-6-7-16(19(22)18(15)21)24-17-5-4-12-28-17/h4-7,12-14,24H,8-11H2,1-3H3,(H,23,27). The number of hydrogen-bond donors (Lipinski definition) is 2. The maximum atomic E-state index is 12.7. The molecule has 2 aromatic rings. The van der Waals surface area contributed by atoms with Crippen LogP contribution < -0.4 is 10.6 Å². The third kappa shape index (κ3) is 4.92. The Kier molecular flexibility index (Phi) is 7.10. The number of anilines is 2. The molecule has 0 saturated carbocycles. The summed E-state index contributed by atoms with van der Waals surface area (Å²) in [4.78, 5) is 16.8. The van der Waals surface area contributed by atoms with Gasteiger partial charge in [0.25, 0.3) is 0 Å². The minimum Gasteiger partial charge on any atom is -0.346 e. The van der Waals surface area contributed by atoms with Crippen LogP contribution >= 0.6 is 34.5 Å². The highest BCUT2D eigenvalue weighted by Gasteiger charge is 2.25. The van der Waals surface area contributed by atoms with E-state index < -0.39 is 0 Å². The molecule has 0 radical (unpaired) electrons. The highest BCUT2D eigenvalue weighted by atomic mass is 35.5. The number of urea groups is 1. The van der Waals surface area contributed by atoms with Crippen LogP contribution in [0.2, 0.25) is 10.0 Å². The van der Waals surface area contributed by atoms with Crippen LogP contribution in [0.25, 0.3) is 0 Å². The van der Waals surface area contributed by atoms with Gasteiger partial charge in [-0.15, -0.1) is 11.3 Å². The molecule has 5 nitrogen and oxygen atoms in total. The summed E-state index contributed by atoms with van der Waals surface area (Å²) in [5, 5.41) is 10.2. The van der Waals surface area contributed by atoms with Crippen LogP contribution in [0.1, 0.15) is 31.4 Å². The topological polar surface area (TPSA) is 47.6 Å². The SMILES string of the molecule is CC(NC(=O)N(C)C1CCN(C)CC1)c1ccc(Nc2cccs2)c(Cl)c1Cl. The lowest BCUT2D eigenvalue weighted by molar-refractivity contribution is 0.146. The van der Waals surface area contributed by atoms with E-state index in [-0.39, 0.29) is 18.1 Å². The van der Waals surface area contributed by atoms with Gasteiger partial charge < -0.3 is 20.4 Å². The van der Waals surface area contributed by atoms with Crippen LogP contribution in [-0.2, 0) is 0 Å². The number of carbonyl (C=O) groups is 1. The molecular formula is C20H26Cl2N4OS. The van der Waals surface area contributed by atoms with E-state index >= 15 is 0 Å². The van der Waals surface area contributed by atoms with Crippen molar-refractivity contribution >= 4 is 51.3 Å². The van der Waals surface area contributed by atoms with E-state index in [4.69, 9.17) is 23.2 Å². The summed E-state index contributed by atoms with van der Waals surface area (Å²) in [6.45, 7) is 3.94. The Morgan fingerprint density at radius 1 is 1.25 bits per heavy atom. The van der Waals surface area contributed by atoms with Crippen molar-refractivity contribution in [3.63, 3.8) is 0 Å². The highest BCUT2D eigenvalue weighted by Crippen LogP contribution is 2.37. The quantitative estimate of drug-likeness (QED) is 0.636. The number of benzene rings is 1. The van der Waals surface area contributed by atoms with Gasteiger partial charge in [-0.3, -0.25) is 0 Å². The number of nitrogens with one attached hydrogen (secondary N) is 2. The number of likely N-dealkylation sites (tertiary alicyclic amines) is 1. The van der Waals surface area contributed by atoms with Gasteiger partial charge >= 0.3 is 6.03 Å². The summed E-state index contributed by atoms with van der Waals surface area (Å²) < 4.78 is 0. The fraction of sp³-hybridized carbons (Fsp3) is 0.450. The van der Waals surface area contributed by atoms with Gasteiger partial charge in [-0.05, 0) is 69.0 Å². The van der Waals surface area contributed by atoms with E-state index in [1.54, 1.807) is 11.3 Å². The Labute approximate surface area is 180 Å². The molecule has 1 aliphatic rings. The molecule has 8 heteroatoms. The Morgan fingerprint density at radius 2 is 1.96 bits per heavy atom. The lowest BCUT2D eigenvalue weighted by Crippen LogP contribution is -2.48. The van der Waals surface area contributed by atoms with Gasteiger partial charge in [-0.2, -0.15) is 0 Å². The molecule has 28 heavy (non-hydrogen) atoms. The summed E-state index contributed by atoms with van der Waals surface area (Å²) >= 11 is 14.6. The van der Waals surface area contributed by atoms with Gasteiger partial charge in [-0.25, -0.2) is 4.79 Å². The molecule has 2 amide bonds. The van der Waals surface area contributed by atoms with Crippen molar-refractivity contribution in [2.24, 2.45) is 0 Å². The van der Waals surface area contributed by atoms with Gasteiger partial charge in [0.15, 0.2) is 0 Å². The average Bonchev–Trinajstić information content (AvgIpc) is 3.18. The van der Waals surface area contributed by atoms with E-state index in [2.05, 4.69) is 22.6 Å². The van der Waals surface area contributed by atoms with Crippen LogP contribution in [0.15, 0.2) is 29.6 Å². The van der Waals surface area contributed by atoms with E-state index in [0.717, 1.165) is 42.2 Å². The highest BCUT2D eigenvalue weighted by molar-refractivity contribution is 7.14. The van der Waals surface area contributed by atoms with Gasteiger partial charge in [0.05, 0.1) is 26.8 Å². The third-order valence-electron chi connectivity index (χ3n) is 5.25. The molecule has 152 valence electrons. The van der Waals surface area contributed by atoms with E-state index in [0.29, 0.717) is 10.0 Å². The van der Waals surface area contributed by atoms with Gasteiger partial charge in [-0.1, -0.05) is 29.3 Å². The van der Waals surface area contributed by atoms with Crippen molar-refractivity contribution in [1.29, 1.82) is 0 Å². The second kappa shape index (κ2) is 9.35. The molecule has 1 unspecified atom stereocenters. The monoisotopic (exact) mass is 440 g/mol. The fourth-order valence-electron chi connectivity index (χ4n) is 3.39. The smallest absolute Gasteiger partial charge is 0.317 e.